The van der Waals surface area contributed by atoms with Crippen LogP contribution in [-0.4, -0.2) is 0 Å². The van der Waals surface area contributed by atoms with Gasteiger partial charge in [0.05, 0.1) is 6.07 Å². The van der Waals surface area contributed by atoms with Gasteiger partial charge >= 0.3 is 0 Å². The molecule has 0 saturated heterocycles. The molecule has 0 heterocycles. The molecule has 0 aromatic heterocycles. The van der Waals surface area contributed by atoms with E-state index in [2.05, 4.69) is 61.5 Å². The highest BCUT2D eigenvalue weighted by Gasteiger charge is 2.20. The summed E-state index contributed by atoms with van der Waals surface area (Å²) < 4.78 is 0. The zero-order valence-electron chi connectivity index (χ0n) is 16.8. The molecule has 27 heavy (non-hydrogen) atoms. The lowest BCUT2D eigenvalue weighted by Crippen LogP contribution is -2.13. The van der Waals surface area contributed by atoms with Gasteiger partial charge in [-0.2, -0.15) is 5.26 Å². The molecule has 0 spiro atoms. The van der Waals surface area contributed by atoms with Crippen LogP contribution in [0.3, 0.4) is 0 Å². The highest BCUT2D eigenvalue weighted by atomic mass is 14.3. The summed E-state index contributed by atoms with van der Waals surface area (Å²) in [6.45, 7) is 2.26. The summed E-state index contributed by atoms with van der Waals surface area (Å²) in [5.74, 6) is 1.13. The zero-order valence-corrected chi connectivity index (χ0v) is 16.8. The van der Waals surface area contributed by atoms with Crippen molar-refractivity contribution in [3.8, 4) is 17.2 Å². The van der Waals surface area contributed by atoms with Crippen molar-refractivity contribution in [3.05, 3.63) is 59.7 Å². The average molecular weight is 360 g/mol. The monoisotopic (exact) mass is 359 g/mol. The summed E-state index contributed by atoms with van der Waals surface area (Å²) in [4.78, 5) is 0. The molecule has 1 fully saturated rings. The van der Waals surface area contributed by atoms with E-state index in [9.17, 15) is 0 Å². The molecule has 1 saturated carbocycles. The Bertz CT molecular complexity index is 712. The highest BCUT2D eigenvalue weighted by Crippen LogP contribution is 2.31. The van der Waals surface area contributed by atoms with Gasteiger partial charge in [0.1, 0.15) is 0 Å². The van der Waals surface area contributed by atoms with Gasteiger partial charge in [-0.15, -0.1) is 0 Å². The Kier molecular flexibility index (Phi) is 7.52. The van der Waals surface area contributed by atoms with Crippen LogP contribution in [0, 0.1) is 23.2 Å². The summed E-state index contributed by atoms with van der Waals surface area (Å²) in [6, 6.07) is 20.7. The Balaban J connectivity index is 1.49. The molecule has 0 bridgehead atoms. The number of benzene rings is 2. The average Bonchev–Trinajstić information content (AvgIpc) is 2.74. The molecule has 1 aliphatic carbocycles. The summed E-state index contributed by atoms with van der Waals surface area (Å²) in [5.41, 5.74) is 5.52. The fourth-order valence-corrected chi connectivity index (χ4v) is 4.26. The Hall–Kier alpha value is -2.07. The number of nitrogens with zero attached hydrogens (tertiary/aromatic N) is 1. The number of nitriles is 1. The molecular formula is C26H33N. The van der Waals surface area contributed by atoms with Crippen LogP contribution >= 0.6 is 0 Å². The number of rotatable bonds is 8. The van der Waals surface area contributed by atoms with Gasteiger partial charge in [0, 0.05) is 5.92 Å². The van der Waals surface area contributed by atoms with Crippen molar-refractivity contribution in [1.29, 1.82) is 5.26 Å². The van der Waals surface area contributed by atoms with Gasteiger partial charge in [0.15, 0.2) is 0 Å². The van der Waals surface area contributed by atoms with Crippen molar-refractivity contribution in [2.75, 3.05) is 0 Å². The lowest BCUT2D eigenvalue weighted by molar-refractivity contribution is 0.300. The lowest BCUT2D eigenvalue weighted by atomic mass is 9.80. The minimum Gasteiger partial charge on any atom is -0.198 e. The Labute approximate surface area is 165 Å². The predicted molar refractivity (Wildman–Crippen MR) is 114 cm³/mol. The maximum atomic E-state index is 9.02. The Morgan fingerprint density at radius 1 is 0.778 bits per heavy atom. The molecular weight excluding hydrogens is 326 g/mol. The van der Waals surface area contributed by atoms with Crippen molar-refractivity contribution in [2.45, 2.75) is 71.1 Å². The fourth-order valence-electron chi connectivity index (χ4n) is 4.26. The molecule has 0 atom stereocenters. The standard InChI is InChI=1S/C26H33N/c1-2-3-4-5-21-12-16-25(17-13-21)26-18-14-23(15-19-26)7-6-22-8-10-24(20-27)11-9-22/h12-19,22,24H,2-11H2,1H3. The number of hydrogen-bond donors (Lipinski definition) is 0. The van der Waals surface area contributed by atoms with Crippen LogP contribution in [0.4, 0.5) is 0 Å². The summed E-state index contributed by atoms with van der Waals surface area (Å²) in [7, 11) is 0. The minimum atomic E-state index is 0.318. The first-order chi connectivity index (χ1) is 13.3. The first kappa shape index (κ1) is 19.7. The third kappa shape index (κ3) is 5.96. The molecule has 1 nitrogen and oxygen atoms in total. The van der Waals surface area contributed by atoms with Gasteiger partial charge in [-0.3, -0.25) is 0 Å². The minimum absolute atomic E-state index is 0.318. The van der Waals surface area contributed by atoms with E-state index in [0.29, 0.717) is 5.92 Å². The maximum absolute atomic E-state index is 9.02. The second-order valence-corrected chi connectivity index (χ2v) is 8.24. The quantitative estimate of drug-likeness (QED) is 0.452. The van der Waals surface area contributed by atoms with Gasteiger partial charge in [-0.05, 0) is 79.5 Å². The van der Waals surface area contributed by atoms with Crippen molar-refractivity contribution in [2.24, 2.45) is 11.8 Å². The largest absolute Gasteiger partial charge is 0.198 e. The smallest absolute Gasteiger partial charge is 0.0655 e. The third-order valence-corrected chi connectivity index (χ3v) is 6.18. The van der Waals surface area contributed by atoms with Crippen LogP contribution < -0.4 is 0 Å². The Morgan fingerprint density at radius 3 is 1.85 bits per heavy atom. The number of aryl methyl sites for hydroxylation is 2. The lowest BCUT2D eigenvalue weighted by Gasteiger charge is -2.24. The van der Waals surface area contributed by atoms with Crippen LogP contribution in [0.25, 0.3) is 11.1 Å². The first-order valence-corrected chi connectivity index (χ1v) is 10.9. The van der Waals surface area contributed by atoms with Crippen LogP contribution in [0.1, 0.15) is 69.4 Å². The fraction of sp³-hybridized carbons (Fsp3) is 0.500. The molecule has 142 valence electrons. The van der Waals surface area contributed by atoms with Crippen molar-refractivity contribution in [3.63, 3.8) is 0 Å². The van der Waals surface area contributed by atoms with E-state index in [-0.39, 0.29) is 0 Å². The SMILES string of the molecule is CCCCCc1ccc(-c2ccc(CCC3CCC(C#N)CC3)cc2)cc1. The van der Waals surface area contributed by atoms with E-state index in [1.807, 2.05) is 0 Å². The second kappa shape index (κ2) is 10.3. The molecule has 0 unspecified atom stereocenters. The van der Waals surface area contributed by atoms with E-state index in [4.69, 9.17) is 5.26 Å². The van der Waals surface area contributed by atoms with Crippen molar-refractivity contribution < 1.29 is 0 Å². The van der Waals surface area contributed by atoms with Crippen molar-refractivity contribution >= 4 is 0 Å². The van der Waals surface area contributed by atoms with E-state index in [1.165, 1.54) is 73.6 Å². The second-order valence-electron chi connectivity index (χ2n) is 8.24. The first-order valence-electron chi connectivity index (χ1n) is 10.9. The molecule has 0 aliphatic heterocycles. The number of unbranched alkanes of at least 4 members (excludes halogenated alkanes) is 2. The molecule has 1 heteroatoms. The van der Waals surface area contributed by atoms with Crippen LogP contribution in [-0.2, 0) is 12.8 Å². The van der Waals surface area contributed by atoms with E-state index in [1.54, 1.807) is 0 Å². The van der Waals surface area contributed by atoms with E-state index >= 15 is 0 Å². The van der Waals surface area contributed by atoms with Crippen LogP contribution in [0.5, 0.6) is 0 Å². The predicted octanol–water partition coefficient (Wildman–Crippen LogP) is 7.35. The van der Waals surface area contributed by atoms with Crippen LogP contribution in [0.2, 0.25) is 0 Å². The molecule has 0 amide bonds. The normalized spacial score (nSPS) is 19.6. The molecule has 0 N–H and O–H groups in total. The number of hydrogen-bond acceptors (Lipinski definition) is 1. The summed E-state index contributed by atoms with van der Waals surface area (Å²) >= 11 is 0. The van der Waals surface area contributed by atoms with Gasteiger partial charge in [0.25, 0.3) is 0 Å². The molecule has 3 rings (SSSR count). The summed E-state index contributed by atoms with van der Waals surface area (Å²) in [5, 5.41) is 9.02. The van der Waals surface area contributed by atoms with Crippen molar-refractivity contribution in [1.82, 2.24) is 0 Å². The zero-order chi connectivity index (χ0) is 18.9. The van der Waals surface area contributed by atoms with Crippen LogP contribution in [0.15, 0.2) is 48.5 Å². The molecule has 0 radical (unpaired) electrons. The van der Waals surface area contributed by atoms with Gasteiger partial charge in [-0.25, -0.2) is 0 Å². The van der Waals surface area contributed by atoms with Gasteiger partial charge < -0.3 is 0 Å². The van der Waals surface area contributed by atoms with E-state index in [0.717, 1.165) is 18.8 Å². The topological polar surface area (TPSA) is 23.8 Å². The van der Waals surface area contributed by atoms with Gasteiger partial charge in [-0.1, -0.05) is 68.3 Å². The summed E-state index contributed by atoms with van der Waals surface area (Å²) in [6.07, 6.45) is 12.2. The molecule has 1 aliphatic rings. The third-order valence-electron chi connectivity index (χ3n) is 6.18. The van der Waals surface area contributed by atoms with E-state index < -0.39 is 0 Å². The highest BCUT2D eigenvalue weighted by molar-refractivity contribution is 5.63. The maximum Gasteiger partial charge on any atom is 0.0655 e. The molecule has 2 aromatic rings. The van der Waals surface area contributed by atoms with Gasteiger partial charge in [0.2, 0.25) is 0 Å². The molecule has 2 aromatic carbocycles. The Morgan fingerprint density at radius 2 is 1.33 bits per heavy atom.